The number of nitrogens with one attached hydrogen (secondary N) is 1. The number of thiazole rings is 1. The minimum absolute atomic E-state index is 0.0147. The fraction of sp³-hybridized carbons (Fsp3) is 0.182. The van der Waals surface area contributed by atoms with Crippen LogP contribution in [0.15, 0.2) is 21.6 Å². The van der Waals surface area contributed by atoms with Crippen molar-refractivity contribution in [3.63, 3.8) is 0 Å². The van der Waals surface area contributed by atoms with Gasteiger partial charge in [-0.05, 0) is 28.9 Å². The van der Waals surface area contributed by atoms with E-state index in [9.17, 15) is 12.8 Å². The van der Waals surface area contributed by atoms with Gasteiger partial charge in [-0.3, -0.25) is 0 Å². The zero-order valence-electron chi connectivity index (χ0n) is 10.7. The lowest BCUT2D eigenvalue weighted by Gasteiger charge is -2.10. The highest BCUT2D eigenvalue weighted by Gasteiger charge is 2.24. The number of hydrogen-bond donors (Lipinski definition) is 2. The fourth-order valence-corrected chi connectivity index (χ4v) is 4.04. The molecule has 0 aliphatic carbocycles. The van der Waals surface area contributed by atoms with Gasteiger partial charge in [0.25, 0.3) is 0 Å². The molecule has 1 aromatic heterocycles. The summed E-state index contributed by atoms with van der Waals surface area (Å²) in [5.41, 5.74) is 5.13. The van der Waals surface area contributed by atoms with E-state index in [1.54, 1.807) is 13.1 Å². The van der Waals surface area contributed by atoms with Crippen LogP contribution in [0.1, 0.15) is 9.88 Å². The van der Waals surface area contributed by atoms with E-state index in [0.29, 0.717) is 4.88 Å². The predicted molar refractivity (Wildman–Crippen MR) is 84.4 cm³/mol. The van der Waals surface area contributed by atoms with Gasteiger partial charge in [-0.2, -0.15) is 0 Å². The van der Waals surface area contributed by atoms with E-state index < -0.39 is 20.7 Å². The average molecular weight is 415 g/mol. The SMILES string of the molecule is Cc1ncc(CNS(=O)(=O)c2cc(Cl)c(Br)c(N)c2F)s1. The lowest BCUT2D eigenvalue weighted by atomic mass is 10.3. The number of nitrogen functional groups attached to an aromatic ring is 1. The summed E-state index contributed by atoms with van der Waals surface area (Å²) < 4.78 is 40.7. The van der Waals surface area contributed by atoms with Crippen LogP contribution in [-0.2, 0) is 16.6 Å². The largest absolute Gasteiger partial charge is 0.395 e. The zero-order chi connectivity index (χ0) is 15.8. The third-order valence-corrected chi connectivity index (χ3v) is 6.25. The van der Waals surface area contributed by atoms with Crippen molar-refractivity contribution in [2.45, 2.75) is 18.4 Å². The second-order valence-corrected chi connectivity index (χ2v) is 8.32. The standard InChI is InChI=1S/C11H10BrClFN3O2S2/c1-5-16-3-6(20-5)4-17-21(18,19)8-2-7(13)9(12)11(15)10(8)14/h2-3,17H,4,15H2,1H3. The Balaban J connectivity index is 2.32. The minimum atomic E-state index is -4.07. The van der Waals surface area contributed by atoms with E-state index in [0.717, 1.165) is 11.1 Å². The lowest BCUT2D eigenvalue weighted by molar-refractivity contribution is 0.558. The van der Waals surface area contributed by atoms with Crippen molar-refractivity contribution >= 4 is 54.6 Å². The summed E-state index contributed by atoms with van der Waals surface area (Å²) in [5.74, 6) is -1.04. The van der Waals surface area contributed by atoms with Crippen LogP contribution < -0.4 is 10.5 Å². The molecule has 1 heterocycles. The Labute approximate surface area is 138 Å². The van der Waals surface area contributed by atoms with E-state index in [-0.39, 0.29) is 21.7 Å². The third-order valence-electron chi connectivity index (χ3n) is 2.55. The number of nitrogens with two attached hydrogens (primary N) is 1. The maximum atomic E-state index is 14.0. The molecule has 2 aromatic rings. The molecule has 0 saturated carbocycles. The minimum Gasteiger partial charge on any atom is -0.395 e. The summed E-state index contributed by atoms with van der Waals surface area (Å²) in [6.07, 6.45) is 1.56. The molecule has 10 heteroatoms. The first-order valence-corrected chi connectivity index (χ1v) is 9.03. The second kappa shape index (κ2) is 6.17. The number of benzene rings is 1. The van der Waals surface area contributed by atoms with Crippen molar-refractivity contribution < 1.29 is 12.8 Å². The first-order chi connectivity index (χ1) is 9.72. The van der Waals surface area contributed by atoms with Crippen LogP contribution in [0.25, 0.3) is 0 Å². The van der Waals surface area contributed by atoms with E-state index in [1.807, 2.05) is 0 Å². The molecule has 0 bridgehead atoms. The van der Waals surface area contributed by atoms with Gasteiger partial charge in [0.2, 0.25) is 10.0 Å². The Hall–Kier alpha value is -0.740. The van der Waals surface area contributed by atoms with Crippen molar-refractivity contribution in [1.82, 2.24) is 9.71 Å². The molecule has 21 heavy (non-hydrogen) atoms. The lowest BCUT2D eigenvalue weighted by Crippen LogP contribution is -2.24. The number of sulfonamides is 1. The number of hydrogen-bond acceptors (Lipinski definition) is 5. The van der Waals surface area contributed by atoms with Crippen molar-refractivity contribution in [2.75, 3.05) is 5.73 Å². The average Bonchev–Trinajstić information content (AvgIpc) is 2.84. The van der Waals surface area contributed by atoms with Gasteiger partial charge in [0.15, 0.2) is 5.82 Å². The molecular weight excluding hydrogens is 405 g/mol. The molecule has 114 valence electrons. The number of aromatic nitrogens is 1. The highest BCUT2D eigenvalue weighted by atomic mass is 79.9. The van der Waals surface area contributed by atoms with Crippen LogP contribution in [0, 0.1) is 12.7 Å². The third kappa shape index (κ3) is 3.54. The van der Waals surface area contributed by atoms with Crippen LogP contribution in [-0.4, -0.2) is 13.4 Å². The zero-order valence-corrected chi connectivity index (χ0v) is 14.6. The highest BCUT2D eigenvalue weighted by Crippen LogP contribution is 2.34. The molecule has 0 fully saturated rings. The maximum Gasteiger partial charge on any atom is 0.243 e. The van der Waals surface area contributed by atoms with Gasteiger partial charge in [-0.15, -0.1) is 11.3 Å². The van der Waals surface area contributed by atoms with Crippen molar-refractivity contribution in [3.05, 3.63) is 37.5 Å². The van der Waals surface area contributed by atoms with Gasteiger partial charge in [0.1, 0.15) is 4.90 Å². The number of aryl methyl sites for hydroxylation is 1. The van der Waals surface area contributed by atoms with Gasteiger partial charge in [-0.25, -0.2) is 22.5 Å². The summed E-state index contributed by atoms with van der Waals surface area (Å²) in [6, 6.07) is 1.01. The van der Waals surface area contributed by atoms with Crippen LogP contribution in [0.2, 0.25) is 5.02 Å². The summed E-state index contributed by atoms with van der Waals surface area (Å²) in [7, 11) is -4.07. The van der Waals surface area contributed by atoms with Gasteiger partial charge in [0, 0.05) is 17.6 Å². The quantitative estimate of drug-likeness (QED) is 0.595. The number of rotatable bonds is 4. The van der Waals surface area contributed by atoms with E-state index in [1.165, 1.54) is 11.3 Å². The van der Waals surface area contributed by atoms with Crippen molar-refractivity contribution in [1.29, 1.82) is 0 Å². The van der Waals surface area contributed by atoms with Crippen molar-refractivity contribution in [3.8, 4) is 0 Å². The Kier molecular flexibility index (Phi) is 4.89. The first kappa shape index (κ1) is 16.6. The second-order valence-electron chi connectivity index (χ2n) is 4.07. The molecule has 2 rings (SSSR count). The van der Waals surface area contributed by atoms with E-state index in [4.69, 9.17) is 17.3 Å². The highest BCUT2D eigenvalue weighted by molar-refractivity contribution is 9.10. The monoisotopic (exact) mass is 413 g/mol. The summed E-state index contributed by atoms with van der Waals surface area (Å²) in [5, 5.41) is 0.828. The predicted octanol–water partition coefficient (Wildman–Crippen LogP) is 3.07. The molecule has 0 spiro atoms. The molecule has 0 amide bonds. The number of halogens is 3. The molecule has 0 saturated heterocycles. The van der Waals surface area contributed by atoms with Crippen LogP contribution >= 0.6 is 38.9 Å². The molecule has 0 radical (unpaired) electrons. The molecule has 0 aliphatic rings. The van der Waals surface area contributed by atoms with Crippen molar-refractivity contribution in [2.24, 2.45) is 0 Å². The Morgan fingerprint density at radius 2 is 2.24 bits per heavy atom. The molecule has 3 N–H and O–H groups in total. The molecular formula is C11H10BrClFN3O2S2. The van der Waals surface area contributed by atoms with Crippen LogP contribution in [0.3, 0.4) is 0 Å². The van der Waals surface area contributed by atoms with E-state index in [2.05, 4.69) is 25.6 Å². The summed E-state index contributed by atoms with van der Waals surface area (Å²) in [4.78, 5) is 4.14. The first-order valence-electron chi connectivity index (χ1n) is 5.56. The van der Waals surface area contributed by atoms with Gasteiger partial charge in [-0.1, -0.05) is 11.6 Å². The molecule has 0 unspecified atom stereocenters. The smallest absolute Gasteiger partial charge is 0.243 e. The van der Waals surface area contributed by atoms with Gasteiger partial charge >= 0.3 is 0 Å². The Morgan fingerprint density at radius 1 is 1.57 bits per heavy atom. The van der Waals surface area contributed by atoms with Gasteiger partial charge in [0.05, 0.1) is 20.2 Å². The molecule has 1 aromatic carbocycles. The summed E-state index contributed by atoms with van der Waals surface area (Å²) in [6.45, 7) is 1.82. The molecule has 0 atom stereocenters. The topological polar surface area (TPSA) is 85.1 Å². The Morgan fingerprint density at radius 3 is 2.81 bits per heavy atom. The van der Waals surface area contributed by atoms with Gasteiger partial charge < -0.3 is 5.73 Å². The summed E-state index contributed by atoms with van der Waals surface area (Å²) >= 11 is 10.2. The normalized spacial score (nSPS) is 11.8. The molecule has 5 nitrogen and oxygen atoms in total. The fourth-order valence-electron chi connectivity index (χ4n) is 1.53. The number of nitrogens with zero attached hydrogens (tertiary/aromatic N) is 1. The van der Waals surface area contributed by atoms with E-state index >= 15 is 0 Å². The Bertz CT molecular complexity index is 795. The van der Waals surface area contributed by atoms with Crippen LogP contribution in [0.5, 0.6) is 0 Å². The molecule has 0 aliphatic heterocycles. The van der Waals surface area contributed by atoms with Crippen LogP contribution in [0.4, 0.5) is 10.1 Å². The number of anilines is 1. The maximum absolute atomic E-state index is 14.0.